The minimum Gasteiger partial charge on any atom is -0.310 e. The van der Waals surface area contributed by atoms with Crippen LogP contribution in [-0.2, 0) is 21.7 Å². The molecule has 0 aromatic heterocycles. The molecule has 270 valence electrons. The van der Waals surface area contributed by atoms with Crippen LogP contribution in [0.5, 0.6) is 0 Å². The lowest BCUT2D eigenvalue weighted by Gasteiger charge is -2.61. The molecule has 4 bridgehead atoms. The summed E-state index contributed by atoms with van der Waals surface area (Å²) >= 11 is 0. The van der Waals surface area contributed by atoms with E-state index in [1.165, 1.54) is 101 Å². The Morgan fingerprint density at radius 3 is 1.75 bits per heavy atom. The molecule has 0 saturated heterocycles. The van der Waals surface area contributed by atoms with Gasteiger partial charge in [0.15, 0.2) is 0 Å². The molecule has 0 amide bonds. The molecule has 0 unspecified atom stereocenters. The molecule has 6 aliphatic carbocycles. The fraction of sp³-hybridized carbons (Fsp3) is 0.423. The van der Waals surface area contributed by atoms with Crippen LogP contribution in [0, 0.1) is 23.7 Å². The van der Waals surface area contributed by atoms with E-state index in [2.05, 4.69) is 163 Å². The molecule has 1 nitrogen and oxygen atoms in total. The van der Waals surface area contributed by atoms with Crippen molar-refractivity contribution in [1.82, 2.24) is 0 Å². The van der Waals surface area contributed by atoms with Gasteiger partial charge >= 0.3 is 0 Å². The van der Waals surface area contributed by atoms with Gasteiger partial charge in [-0.1, -0.05) is 121 Å². The second-order valence-corrected chi connectivity index (χ2v) is 20.1. The molecule has 0 aliphatic heterocycles. The van der Waals surface area contributed by atoms with Gasteiger partial charge in [0.05, 0.1) is 5.69 Å². The molecule has 4 saturated carbocycles. The van der Waals surface area contributed by atoms with Gasteiger partial charge in [0, 0.05) is 16.8 Å². The summed E-state index contributed by atoms with van der Waals surface area (Å²) in [6.07, 6.45) is 9.57. The number of fused-ring (bicyclic) bond motifs is 4. The number of nitrogens with zero attached hydrogens (tertiary/aromatic N) is 1. The largest absolute Gasteiger partial charge is 0.310 e. The molecule has 6 aliphatic rings. The van der Waals surface area contributed by atoms with E-state index in [0.717, 1.165) is 23.7 Å². The molecule has 5 aromatic rings. The van der Waals surface area contributed by atoms with Crippen molar-refractivity contribution in [3.05, 3.63) is 137 Å². The third-order valence-corrected chi connectivity index (χ3v) is 15.1. The van der Waals surface area contributed by atoms with E-state index in [0.29, 0.717) is 0 Å². The number of hydrogen-bond donors (Lipinski definition) is 0. The van der Waals surface area contributed by atoms with Crippen LogP contribution in [0.15, 0.2) is 109 Å². The number of anilines is 3. The standard InChI is InChI=1S/C52H57N/c1-49(2,3)37-18-22-41(23-19-37)53(47-14-10-13-45-48(47)51(6,7)26-25-50(45,4)5)40-20-15-35(16-21-40)36-17-24-43-42-11-8-9-12-44(42)52(46(43)32-36)38-28-33-27-34(30-38)31-39(52)29-33/h8-24,32-34,38-39H,25-31H2,1-7H3. The van der Waals surface area contributed by atoms with Crippen molar-refractivity contribution < 1.29 is 0 Å². The van der Waals surface area contributed by atoms with Crippen LogP contribution in [0.25, 0.3) is 22.3 Å². The summed E-state index contributed by atoms with van der Waals surface area (Å²) in [6.45, 7) is 16.7. The molecule has 1 heteroatoms. The number of hydrogen-bond acceptors (Lipinski definition) is 1. The Hall–Kier alpha value is -4.10. The van der Waals surface area contributed by atoms with Crippen molar-refractivity contribution in [2.75, 3.05) is 4.90 Å². The van der Waals surface area contributed by atoms with Crippen molar-refractivity contribution in [1.29, 1.82) is 0 Å². The summed E-state index contributed by atoms with van der Waals surface area (Å²) in [6, 6.07) is 43.0. The van der Waals surface area contributed by atoms with E-state index in [-0.39, 0.29) is 21.7 Å². The van der Waals surface area contributed by atoms with Crippen molar-refractivity contribution in [3.63, 3.8) is 0 Å². The number of rotatable bonds is 4. The summed E-state index contributed by atoms with van der Waals surface area (Å²) in [4.78, 5) is 2.54. The predicted octanol–water partition coefficient (Wildman–Crippen LogP) is 14.2. The van der Waals surface area contributed by atoms with Gasteiger partial charge in [-0.2, -0.15) is 0 Å². The van der Waals surface area contributed by atoms with Crippen molar-refractivity contribution in [3.8, 4) is 22.3 Å². The fourth-order valence-electron chi connectivity index (χ4n) is 12.6. The van der Waals surface area contributed by atoms with E-state index >= 15 is 0 Å². The second-order valence-electron chi connectivity index (χ2n) is 20.1. The van der Waals surface area contributed by atoms with Gasteiger partial charge in [-0.05, 0) is 171 Å². The second kappa shape index (κ2) is 11.5. The Kier molecular flexibility index (Phi) is 7.23. The highest BCUT2D eigenvalue weighted by Gasteiger charge is 2.61. The first-order valence-electron chi connectivity index (χ1n) is 20.7. The maximum absolute atomic E-state index is 2.63. The maximum atomic E-state index is 2.63. The third kappa shape index (κ3) is 4.94. The molecular formula is C52H57N. The smallest absolute Gasteiger partial charge is 0.0502 e. The topological polar surface area (TPSA) is 3.24 Å². The average Bonchev–Trinajstić information content (AvgIpc) is 3.43. The number of benzene rings is 5. The van der Waals surface area contributed by atoms with Crippen molar-refractivity contribution >= 4 is 17.1 Å². The Labute approximate surface area is 318 Å². The molecule has 5 aromatic carbocycles. The monoisotopic (exact) mass is 695 g/mol. The Balaban J connectivity index is 1.08. The van der Waals surface area contributed by atoms with Crippen LogP contribution in [0.4, 0.5) is 17.1 Å². The van der Waals surface area contributed by atoms with E-state index < -0.39 is 0 Å². The molecule has 4 fully saturated rings. The van der Waals surface area contributed by atoms with E-state index in [4.69, 9.17) is 0 Å². The summed E-state index contributed by atoms with van der Waals surface area (Å²) in [5, 5.41) is 0. The van der Waals surface area contributed by atoms with E-state index in [1.807, 2.05) is 0 Å². The minimum absolute atomic E-state index is 0.0842. The Bertz CT molecular complexity index is 2200. The highest BCUT2D eigenvalue weighted by molar-refractivity contribution is 5.86. The van der Waals surface area contributed by atoms with Crippen molar-refractivity contribution in [2.45, 2.75) is 115 Å². The lowest BCUT2D eigenvalue weighted by atomic mass is 9.43. The maximum Gasteiger partial charge on any atom is 0.0502 e. The lowest BCUT2D eigenvalue weighted by molar-refractivity contribution is -0.0399. The zero-order valence-corrected chi connectivity index (χ0v) is 33.1. The van der Waals surface area contributed by atoms with Crippen LogP contribution >= 0.6 is 0 Å². The molecular weight excluding hydrogens is 639 g/mol. The zero-order valence-electron chi connectivity index (χ0n) is 33.1. The first-order valence-corrected chi connectivity index (χ1v) is 20.7. The third-order valence-electron chi connectivity index (χ3n) is 15.1. The molecule has 1 spiro atoms. The SMILES string of the molecule is CC(C)(C)c1ccc(N(c2ccc(-c3ccc4c(c3)C3(c5ccccc5-4)C4CC5CC(C4)CC3C5)cc2)c2cccc3c2C(C)(C)CCC3(C)C)cc1. The highest BCUT2D eigenvalue weighted by atomic mass is 15.1. The van der Waals surface area contributed by atoms with E-state index in [9.17, 15) is 0 Å². The van der Waals surface area contributed by atoms with E-state index in [1.54, 1.807) is 11.1 Å². The predicted molar refractivity (Wildman–Crippen MR) is 224 cm³/mol. The van der Waals surface area contributed by atoms with Gasteiger partial charge in [0.1, 0.15) is 0 Å². The first-order chi connectivity index (χ1) is 25.3. The zero-order chi connectivity index (χ0) is 36.5. The van der Waals surface area contributed by atoms with Crippen LogP contribution in [0.2, 0.25) is 0 Å². The first kappa shape index (κ1) is 33.5. The Morgan fingerprint density at radius 2 is 1.09 bits per heavy atom. The summed E-state index contributed by atoms with van der Waals surface area (Å²) < 4.78 is 0. The molecule has 0 heterocycles. The van der Waals surface area contributed by atoms with Crippen LogP contribution < -0.4 is 4.90 Å². The fourth-order valence-corrected chi connectivity index (χ4v) is 12.6. The van der Waals surface area contributed by atoms with Crippen LogP contribution in [0.1, 0.15) is 121 Å². The van der Waals surface area contributed by atoms with Gasteiger partial charge in [0.2, 0.25) is 0 Å². The quantitative estimate of drug-likeness (QED) is 0.181. The Morgan fingerprint density at radius 1 is 0.528 bits per heavy atom. The van der Waals surface area contributed by atoms with Crippen LogP contribution in [-0.4, -0.2) is 0 Å². The molecule has 11 rings (SSSR count). The lowest BCUT2D eigenvalue weighted by Crippen LogP contribution is -2.55. The van der Waals surface area contributed by atoms with Gasteiger partial charge in [-0.25, -0.2) is 0 Å². The summed E-state index contributed by atoms with van der Waals surface area (Å²) in [7, 11) is 0. The van der Waals surface area contributed by atoms with Gasteiger partial charge in [-0.3, -0.25) is 0 Å². The minimum atomic E-state index is 0.0842. The van der Waals surface area contributed by atoms with Crippen molar-refractivity contribution in [2.24, 2.45) is 23.7 Å². The molecule has 53 heavy (non-hydrogen) atoms. The summed E-state index contributed by atoms with van der Waals surface area (Å²) in [5.74, 6) is 3.47. The normalized spacial score (nSPS) is 27.0. The molecule has 0 N–H and O–H groups in total. The average molecular weight is 696 g/mol. The molecule has 0 radical (unpaired) electrons. The molecule has 0 atom stereocenters. The van der Waals surface area contributed by atoms with Crippen LogP contribution in [0.3, 0.4) is 0 Å². The van der Waals surface area contributed by atoms with Gasteiger partial charge in [0.25, 0.3) is 0 Å². The highest BCUT2D eigenvalue weighted by Crippen LogP contribution is 2.69. The van der Waals surface area contributed by atoms with Gasteiger partial charge < -0.3 is 4.90 Å². The van der Waals surface area contributed by atoms with Gasteiger partial charge in [-0.15, -0.1) is 0 Å². The summed E-state index contributed by atoms with van der Waals surface area (Å²) in [5.41, 5.74) is 17.6.